The summed E-state index contributed by atoms with van der Waals surface area (Å²) in [5.74, 6) is 2.86. The molecule has 0 atom stereocenters. The molecule has 0 saturated heterocycles. The smallest absolute Gasteiger partial charge is 0.216 e. The molecule has 0 amide bonds. The van der Waals surface area contributed by atoms with Gasteiger partial charge in [-0.2, -0.15) is 14.9 Å². The first-order valence-corrected chi connectivity index (χ1v) is 7.59. The minimum Gasteiger partial charge on any atom is -0.494 e. The predicted octanol–water partition coefficient (Wildman–Crippen LogP) is 3.79. The third-order valence-corrected chi connectivity index (χ3v) is 3.38. The summed E-state index contributed by atoms with van der Waals surface area (Å²) in [6, 6.07) is 11.4. The molecule has 0 saturated carbocycles. The van der Waals surface area contributed by atoms with Crippen LogP contribution >= 0.6 is 12.2 Å². The van der Waals surface area contributed by atoms with Crippen molar-refractivity contribution in [1.82, 2.24) is 14.9 Å². The van der Waals surface area contributed by atoms with E-state index in [9.17, 15) is 0 Å². The Kier molecular flexibility index (Phi) is 4.38. The number of aromatic amines is 1. The van der Waals surface area contributed by atoms with Crippen LogP contribution in [0.5, 0.6) is 5.75 Å². The Balaban J connectivity index is 1.97. The maximum absolute atomic E-state index is 5.52. The lowest BCUT2D eigenvalue weighted by atomic mass is 10.2. The van der Waals surface area contributed by atoms with Crippen molar-refractivity contribution < 1.29 is 9.15 Å². The van der Waals surface area contributed by atoms with Crippen molar-refractivity contribution in [1.29, 1.82) is 0 Å². The summed E-state index contributed by atoms with van der Waals surface area (Å²) in [5.41, 5.74) is 0.857. The molecule has 3 rings (SSSR count). The van der Waals surface area contributed by atoms with Gasteiger partial charge in [0.15, 0.2) is 5.82 Å². The Morgan fingerprint density at radius 1 is 1.39 bits per heavy atom. The normalized spacial score (nSPS) is 11.2. The first kappa shape index (κ1) is 15.2. The number of rotatable bonds is 5. The fourth-order valence-electron chi connectivity index (χ4n) is 2.11. The molecule has 0 aliphatic carbocycles. The molecule has 2 heterocycles. The van der Waals surface area contributed by atoms with Crippen molar-refractivity contribution in [3.05, 3.63) is 52.7 Å². The van der Waals surface area contributed by atoms with Crippen molar-refractivity contribution in [2.75, 3.05) is 6.61 Å². The number of ether oxygens (including phenoxy) is 1. The van der Waals surface area contributed by atoms with Gasteiger partial charge in [-0.15, -0.1) is 0 Å². The van der Waals surface area contributed by atoms with Crippen LogP contribution in [0.4, 0.5) is 0 Å². The lowest BCUT2D eigenvalue weighted by Gasteiger charge is -2.05. The zero-order valence-electron chi connectivity index (χ0n) is 12.8. The minimum absolute atomic E-state index is 0.404. The molecule has 0 aliphatic heterocycles. The van der Waals surface area contributed by atoms with Gasteiger partial charge in [-0.05, 0) is 50.3 Å². The maximum atomic E-state index is 5.52. The molecular formula is C16H16N4O2S. The van der Waals surface area contributed by atoms with Crippen molar-refractivity contribution in [3.63, 3.8) is 0 Å². The molecular weight excluding hydrogens is 312 g/mol. The number of H-pyrrole nitrogens is 1. The van der Waals surface area contributed by atoms with Crippen molar-refractivity contribution >= 4 is 18.4 Å². The van der Waals surface area contributed by atoms with Gasteiger partial charge in [-0.1, -0.05) is 12.1 Å². The summed E-state index contributed by atoms with van der Waals surface area (Å²) in [6.45, 7) is 4.43. The summed E-state index contributed by atoms with van der Waals surface area (Å²) in [5, 5.41) is 11.4. The minimum atomic E-state index is 0.404. The van der Waals surface area contributed by atoms with E-state index in [-0.39, 0.29) is 0 Å². The second-order valence-electron chi connectivity index (χ2n) is 4.82. The molecule has 0 radical (unpaired) electrons. The molecule has 118 valence electrons. The highest BCUT2D eigenvalue weighted by atomic mass is 32.1. The lowest BCUT2D eigenvalue weighted by Crippen LogP contribution is -1.96. The van der Waals surface area contributed by atoms with Gasteiger partial charge in [0.25, 0.3) is 0 Å². The summed E-state index contributed by atoms with van der Waals surface area (Å²) in [7, 11) is 0. The Morgan fingerprint density at radius 3 is 3.00 bits per heavy atom. The molecule has 1 aromatic carbocycles. The van der Waals surface area contributed by atoms with Crippen LogP contribution in [0.3, 0.4) is 0 Å². The third kappa shape index (κ3) is 3.40. The van der Waals surface area contributed by atoms with Gasteiger partial charge in [0.05, 0.1) is 12.8 Å². The second-order valence-corrected chi connectivity index (χ2v) is 5.20. The lowest BCUT2D eigenvalue weighted by molar-refractivity contribution is 0.340. The van der Waals surface area contributed by atoms with Crippen LogP contribution < -0.4 is 4.74 Å². The SMILES string of the molecule is CCOc1cccc(-c2n[nH]c(=S)n2N=Cc2ccc(C)o2)c1. The number of nitrogens with zero attached hydrogens (tertiary/aromatic N) is 3. The van der Waals surface area contributed by atoms with Crippen LogP contribution in [-0.2, 0) is 0 Å². The highest BCUT2D eigenvalue weighted by Crippen LogP contribution is 2.22. The Labute approximate surface area is 138 Å². The first-order valence-electron chi connectivity index (χ1n) is 7.19. The van der Waals surface area contributed by atoms with Crippen molar-refractivity contribution in [3.8, 4) is 17.1 Å². The first-order chi connectivity index (χ1) is 11.2. The van der Waals surface area contributed by atoms with E-state index in [0.717, 1.165) is 17.1 Å². The van der Waals surface area contributed by atoms with E-state index in [1.54, 1.807) is 10.9 Å². The average molecular weight is 328 g/mol. The number of nitrogens with one attached hydrogen (secondary N) is 1. The number of hydrogen-bond acceptors (Lipinski definition) is 5. The van der Waals surface area contributed by atoms with E-state index in [0.29, 0.717) is 23.0 Å². The van der Waals surface area contributed by atoms with Gasteiger partial charge in [0, 0.05) is 5.56 Å². The van der Waals surface area contributed by atoms with Crippen molar-refractivity contribution in [2.24, 2.45) is 5.10 Å². The summed E-state index contributed by atoms with van der Waals surface area (Å²) < 4.78 is 12.9. The molecule has 7 heteroatoms. The molecule has 1 N–H and O–H groups in total. The van der Waals surface area contributed by atoms with Crippen LogP contribution in [0.25, 0.3) is 11.4 Å². The molecule has 3 aromatic rings. The van der Waals surface area contributed by atoms with Gasteiger partial charge < -0.3 is 9.15 Å². The Hall–Kier alpha value is -2.67. The molecule has 2 aromatic heterocycles. The predicted molar refractivity (Wildman–Crippen MR) is 90.5 cm³/mol. The van der Waals surface area contributed by atoms with Gasteiger partial charge >= 0.3 is 0 Å². The Bertz CT molecular complexity index is 891. The van der Waals surface area contributed by atoms with E-state index < -0.39 is 0 Å². The van der Waals surface area contributed by atoms with E-state index in [2.05, 4.69) is 15.3 Å². The van der Waals surface area contributed by atoms with Crippen LogP contribution in [-0.4, -0.2) is 27.7 Å². The van der Waals surface area contributed by atoms with E-state index in [4.69, 9.17) is 21.4 Å². The number of aryl methyl sites for hydroxylation is 1. The summed E-state index contributed by atoms with van der Waals surface area (Å²) in [6.07, 6.45) is 1.61. The van der Waals surface area contributed by atoms with E-state index in [1.165, 1.54) is 0 Å². The second kappa shape index (κ2) is 6.62. The average Bonchev–Trinajstić information content (AvgIpc) is 3.12. The van der Waals surface area contributed by atoms with Gasteiger partial charge in [0.2, 0.25) is 4.77 Å². The third-order valence-electron chi connectivity index (χ3n) is 3.12. The Morgan fingerprint density at radius 2 is 2.26 bits per heavy atom. The molecule has 0 unspecified atom stereocenters. The van der Waals surface area contributed by atoms with Crippen LogP contribution in [0.15, 0.2) is 45.9 Å². The zero-order valence-corrected chi connectivity index (χ0v) is 13.6. The highest BCUT2D eigenvalue weighted by Gasteiger charge is 2.09. The zero-order chi connectivity index (χ0) is 16.2. The summed E-state index contributed by atoms with van der Waals surface area (Å²) in [4.78, 5) is 0. The largest absolute Gasteiger partial charge is 0.494 e. The molecule has 0 spiro atoms. The van der Waals surface area contributed by atoms with Gasteiger partial charge in [-0.3, -0.25) is 0 Å². The quantitative estimate of drug-likeness (QED) is 0.571. The standard InChI is InChI=1S/C16H16N4O2S/c1-3-21-13-6-4-5-12(9-13)15-18-19-16(23)20(15)17-10-14-8-7-11(2)22-14/h4-10H,3H2,1-2H3,(H,19,23). The number of hydrogen-bond donors (Lipinski definition) is 1. The van der Waals surface area contributed by atoms with E-state index in [1.807, 2.05) is 50.2 Å². The van der Waals surface area contributed by atoms with E-state index >= 15 is 0 Å². The van der Waals surface area contributed by atoms with Crippen LogP contribution in [0.1, 0.15) is 18.4 Å². The molecule has 23 heavy (non-hydrogen) atoms. The number of aromatic nitrogens is 3. The topological polar surface area (TPSA) is 68.3 Å². The fourth-order valence-corrected chi connectivity index (χ4v) is 2.29. The molecule has 0 aliphatic rings. The number of benzene rings is 1. The molecule has 0 fully saturated rings. The summed E-state index contributed by atoms with van der Waals surface area (Å²) >= 11 is 5.25. The number of furan rings is 1. The highest BCUT2D eigenvalue weighted by molar-refractivity contribution is 7.71. The monoisotopic (exact) mass is 328 g/mol. The van der Waals surface area contributed by atoms with Crippen LogP contribution in [0.2, 0.25) is 0 Å². The fraction of sp³-hybridized carbons (Fsp3) is 0.188. The van der Waals surface area contributed by atoms with Gasteiger partial charge in [-0.25, -0.2) is 5.10 Å². The molecule has 0 bridgehead atoms. The molecule has 6 nitrogen and oxygen atoms in total. The van der Waals surface area contributed by atoms with Crippen molar-refractivity contribution in [2.45, 2.75) is 13.8 Å². The van der Waals surface area contributed by atoms with Gasteiger partial charge in [0.1, 0.15) is 17.3 Å². The maximum Gasteiger partial charge on any atom is 0.216 e. The van der Waals surface area contributed by atoms with Crippen LogP contribution in [0, 0.1) is 11.7 Å².